The average molecular weight is 485 g/mol. The van der Waals surface area contributed by atoms with Gasteiger partial charge in [0.2, 0.25) is 11.6 Å². The Hall–Kier alpha value is -3.63. The maximum atomic E-state index is 12.1. The van der Waals surface area contributed by atoms with Crippen molar-refractivity contribution in [2.45, 2.75) is 6.54 Å². The number of benzene rings is 2. The zero-order valence-electron chi connectivity index (χ0n) is 18.9. The van der Waals surface area contributed by atoms with Gasteiger partial charge in [-0.15, -0.1) is 0 Å². The molecule has 2 heterocycles. The number of nitro groups is 1. The van der Waals surface area contributed by atoms with Crippen LogP contribution in [0.25, 0.3) is 0 Å². The van der Waals surface area contributed by atoms with Gasteiger partial charge in [-0.1, -0.05) is 41.9 Å². The van der Waals surface area contributed by atoms with Gasteiger partial charge in [0, 0.05) is 38.8 Å². The Morgan fingerprint density at radius 1 is 1.06 bits per heavy atom. The second-order valence-corrected chi connectivity index (χ2v) is 8.12. The summed E-state index contributed by atoms with van der Waals surface area (Å²) in [6, 6.07) is 13.4. The molecule has 0 spiro atoms. The van der Waals surface area contributed by atoms with Crippen molar-refractivity contribution in [1.29, 1.82) is 0 Å². The van der Waals surface area contributed by atoms with Crippen molar-refractivity contribution in [3.63, 3.8) is 0 Å². The van der Waals surface area contributed by atoms with Crippen LogP contribution >= 0.6 is 11.6 Å². The molecule has 0 aliphatic carbocycles. The number of hydrogen-bond donors (Lipinski definition) is 1. The van der Waals surface area contributed by atoms with Crippen LogP contribution in [-0.2, 0) is 6.54 Å². The van der Waals surface area contributed by atoms with Crippen molar-refractivity contribution >= 4 is 34.6 Å². The number of hydrogen-bond acceptors (Lipinski definition) is 9. The van der Waals surface area contributed by atoms with E-state index in [1.807, 2.05) is 23.1 Å². The van der Waals surface area contributed by atoms with Crippen LogP contribution in [0.4, 0.5) is 23.0 Å². The Balaban J connectivity index is 1.56. The molecule has 0 atom stereocenters. The fraction of sp³-hybridized carbons (Fsp3) is 0.304. The number of nitrogens with one attached hydrogen (secondary N) is 1. The first-order valence-corrected chi connectivity index (χ1v) is 11.1. The summed E-state index contributed by atoms with van der Waals surface area (Å²) in [6.07, 6.45) is 1.32. The summed E-state index contributed by atoms with van der Waals surface area (Å²) in [4.78, 5) is 24.2. The minimum atomic E-state index is -0.467. The number of anilines is 3. The Bertz CT molecular complexity index is 1160. The van der Waals surface area contributed by atoms with E-state index < -0.39 is 4.92 Å². The van der Waals surface area contributed by atoms with Crippen LogP contribution in [0.5, 0.6) is 11.5 Å². The quantitative estimate of drug-likeness (QED) is 0.373. The largest absolute Gasteiger partial charge is 0.495 e. The summed E-state index contributed by atoms with van der Waals surface area (Å²) in [7, 11) is 2.98. The molecule has 1 aliphatic rings. The van der Waals surface area contributed by atoms with Crippen molar-refractivity contribution in [2.75, 3.05) is 50.6 Å². The van der Waals surface area contributed by atoms with Gasteiger partial charge in [0.1, 0.15) is 17.8 Å². The highest BCUT2D eigenvalue weighted by molar-refractivity contribution is 6.32. The molecular weight excluding hydrogens is 460 g/mol. The highest BCUT2D eigenvalue weighted by Crippen LogP contribution is 2.40. The van der Waals surface area contributed by atoms with E-state index in [1.54, 1.807) is 12.1 Å². The summed E-state index contributed by atoms with van der Waals surface area (Å²) >= 11 is 6.25. The van der Waals surface area contributed by atoms with Gasteiger partial charge in [-0.05, 0) is 11.6 Å². The lowest BCUT2D eigenvalue weighted by Crippen LogP contribution is -2.46. The first kappa shape index (κ1) is 23.5. The number of aromatic nitrogens is 2. The molecule has 1 fully saturated rings. The van der Waals surface area contributed by atoms with Crippen molar-refractivity contribution in [2.24, 2.45) is 0 Å². The van der Waals surface area contributed by atoms with Crippen molar-refractivity contribution in [3.8, 4) is 11.5 Å². The summed E-state index contributed by atoms with van der Waals surface area (Å²) in [5.74, 6) is 1.17. The molecule has 0 bridgehead atoms. The van der Waals surface area contributed by atoms with E-state index in [1.165, 1.54) is 26.1 Å². The molecule has 178 valence electrons. The molecule has 0 radical (unpaired) electrons. The fourth-order valence-electron chi connectivity index (χ4n) is 3.91. The third kappa shape index (κ3) is 5.13. The van der Waals surface area contributed by atoms with E-state index in [2.05, 4.69) is 32.3 Å². The van der Waals surface area contributed by atoms with Gasteiger partial charge in [-0.3, -0.25) is 15.0 Å². The second kappa shape index (κ2) is 10.5. The first-order chi connectivity index (χ1) is 16.5. The Kier molecular flexibility index (Phi) is 7.29. The molecule has 2 aromatic carbocycles. The number of halogens is 1. The lowest BCUT2D eigenvalue weighted by molar-refractivity contribution is -0.383. The molecule has 3 aromatic rings. The van der Waals surface area contributed by atoms with E-state index in [0.29, 0.717) is 35.3 Å². The molecular formula is C23H25ClN6O4. The Morgan fingerprint density at radius 3 is 2.41 bits per heavy atom. The minimum Gasteiger partial charge on any atom is -0.495 e. The van der Waals surface area contributed by atoms with E-state index >= 15 is 0 Å². The third-order valence-electron chi connectivity index (χ3n) is 5.63. The van der Waals surface area contributed by atoms with Crippen molar-refractivity contribution in [3.05, 3.63) is 69.5 Å². The number of methoxy groups -OCH3 is 2. The van der Waals surface area contributed by atoms with Gasteiger partial charge in [0.05, 0.1) is 29.9 Å². The Morgan fingerprint density at radius 2 is 1.76 bits per heavy atom. The number of piperazine rings is 1. The molecule has 1 saturated heterocycles. The number of nitrogens with zero attached hydrogens (tertiary/aromatic N) is 5. The van der Waals surface area contributed by atoms with Gasteiger partial charge >= 0.3 is 5.69 Å². The summed E-state index contributed by atoms with van der Waals surface area (Å²) in [5, 5.41) is 15.4. The zero-order chi connectivity index (χ0) is 24.1. The van der Waals surface area contributed by atoms with Gasteiger partial charge in [0.15, 0.2) is 0 Å². The smallest absolute Gasteiger partial charge is 0.353 e. The van der Waals surface area contributed by atoms with Crippen LogP contribution in [0, 0.1) is 10.1 Å². The number of rotatable bonds is 8. The second-order valence-electron chi connectivity index (χ2n) is 7.71. The standard InChI is InChI=1S/C23H25ClN6O4/c1-33-19-13-20(34-2)18(12-17(19)24)27-22-21(30(31)32)23(26-15-25-22)29-10-8-28(9-11-29)14-16-6-4-3-5-7-16/h3-7,12-13,15H,8-11,14H2,1-2H3,(H,25,26,27). The van der Waals surface area contributed by atoms with Crippen LogP contribution in [0.3, 0.4) is 0 Å². The summed E-state index contributed by atoms with van der Waals surface area (Å²) < 4.78 is 10.6. The predicted octanol–water partition coefficient (Wildman–Crippen LogP) is 4.12. The Labute approximate surface area is 202 Å². The maximum Gasteiger partial charge on any atom is 0.353 e. The molecule has 11 heteroatoms. The van der Waals surface area contributed by atoms with E-state index in [4.69, 9.17) is 21.1 Å². The van der Waals surface area contributed by atoms with Crippen LogP contribution in [0.2, 0.25) is 5.02 Å². The maximum absolute atomic E-state index is 12.1. The predicted molar refractivity (Wildman–Crippen MR) is 130 cm³/mol. The van der Waals surface area contributed by atoms with Crippen molar-refractivity contribution < 1.29 is 14.4 Å². The summed E-state index contributed by atoms with van der Waals surface area (Å²) in [6.45, 7) is 3.59. The number of ether oxygens (including phenoxy) is 2. The lowest BCUT2D eigenvalue weighted by atomic mass is 10.2. The third-order valence-corrected chi connectivity index (χ3v) is 5.93. The topological polar surface area (TPSA) is 106 Å². The monoisotopic (exact) mass is 484 g/mol. The summed E-state index contributed by atoms with van der Waals surface area (Å²) in [5.41, 5.74) is 1.46. The fourth-order valence-corrected chi connectivity index (χ4v) is 4.15. The molecule has 1 N–H and O–H groups in total. The van der Waals surface area contributed by atoms with E-state index in [-0.39, 0.29) is 17.3 Å². The van der Waals surface area contributed by atoms with Crippen LogP contribution < -0.4 is 19.7 Å². The minimum absolute atomic E-state index is 0.0567. The van der Waals surface area contributed by atoms with Gasteiger partial charge in [0.25, 0.3) is 0 Å². The zero-order valence-corrected chi connectivity index (χ0v) is 19.7. The van der Waals surface area contributed by atoms with E-state index in [0.717, 1.165) is 19.6 Å². The lowest BCUT2D eigenvalue weighted by Gasteiger charge is -2.35. The van der Waals surface area contributed by atoms with E-state index in [9.17, 15) is 10.1 Å². The molecule has 0 amide bonds. The SMILES string of the molecule is COc1cc(OC)c(Nc2ncnc(N3CCN(Cc4ccccc4)CC3)c2[N+](=O)[O-])cc1Cl. The van der Waals surface area contributed by atoms with Gasteiger partial charge < -0.3 is 19.7 Å². The van der Waals surface area contributed by atoms with Crippen molar-refractivity contribution in [1.82, 2.24) is 14.9 Å². The highest BCUT2D eigenvalue weighted by Gasteiger charge is 2.30. The molecule has 10 nitrogen and oxygen atoms in total. The first-order valence-electron chi connectivity index (χ1n) is 10.7. The van der Waals surface area contributed by atoms with Crippen LogP contribution in [-0.4, -0.2) is 60.2 Å². The van der Waals surface area contributed by atoms with Gasteiger partial charge in [-0.2, -0.15) is 0 Å². The molecule has 34 heavy (non-hydrogen) atoms. The molecule has 1 aliphatic heterocycles. The van der Waals surface area contributed by atoms with Crippen LogP contribution in [0.15, 0.2) is 48.8 Å². The highest BCUT2D eigenvalue weighted by atomic mass is 35.5. The van der Waals surface area contributed by atoms with Crippen LogP contribution in [0.1, 0.15) is 5.56 Å². The molecule has 0 unspecified atom stereocenters. The normalized spacial score (nSPS) is 14.0. The van der Waals surface area contributed by atoms with Gasteiger partial charge in [-0.25, -0.2) is 9.97 Å². The average Bonchev–Trinajstić information content (AvgIpc) is 2.85. The molecule has 0 saturated carbocycles. The molecule has 4 rings (SSSR count). The molecule has 1 aromatic heterocycles.